The van der Waals surface area contributed by atoms with E-state index in [0.717, 1.165) is 5.56 Å². The first-order chi connectivity index (χ1) is 7.52. The minimum atomic E-state index is -2.99. The van der Waals surface area contributed by atoms with E-state index in [-0.39, 0.29) is 29.2 Å². The van der Waals surface area contributed by atoms with E-state index in [1.54, 1.807) is 12.1 Å². The maximum Gasteiger partial charge on any atom is 0.151 e. The van der Waals surface area contributed by atoms with Crippen molar-refractivity contribution < 1.29 is 12.8 Å². The maximum absolute atomic E-state index is 12.8. The second-order valence-electron chi connectivity index (χ2n) is 4.23. The van der Waals surface area contributed by atoms with Crippen LogP contribution in [0, 0.1) is 11.7 Å². The number of sulfone groups is 1. The largest absolute Gasteiger partial charge is 0.330 e. The van der Waals surface area contributed by atoms with Gasteiger partial charge in [-0.2, -0.15) is 0 Å². The first kappa shape index (κ1) is 11.5. The summed E-state index contributed by atoms with van der Waals surface area (Å²) in [4.78, 5) is 0. The van der Waals surface area contributed by atoms with Crippen molar-refractivity contribution in [2.24, 2.45) is 11.7 Å². The smallest absolute Gasteiger partial charge is 0.151 e. The molecule has 1 saturated heterocycles. The number of hydrogen-bond acceptors (Lipinski definition) is 3. The van der Waals surface area contributed by atoms with Crippen LogP contribution in [0.3, 0.4) is 0 Å². The summed E-state index contributed by atoms with van der Waals surface area (Å²) in [5.41, 5.74) is 6.43. The van der Waals surface area contributed by atoms with E-state index in [9.17, 15) is 12.8 Å². The van der Waals surface area contributed by atoms with Crippen LogP contribution >= 0.6 is 0 Å². The SMILES string of the molecule is NCC1CS(=O)(=O)CC1c1ccc(F)cc1. The Kier molecular flexibility index (Phi) is 2.99. The van der Waals surface area contributed by atoms with Crippen LogP contribution in [0.2, 0.25) is 0 Å². The van der Waals surface area contributed by atoms with Crippen molar-refractivity contribution in [1.82, 2.24) is 0 Å². The van der Waals surface area contributed by atoms with Crippen LogP contribution in [0.25, 0.3) is 0 Å². The number of nitrogens with two attached hydrogens (primary N) is 1. The number of rotatable bonds is 2. The lowest BCUT2D eigenvalue weighted by Gasteiger charge is -2.16. The Hall–Kier alpha value is -0.940. The predicted octanol–water partition coefficient (Wildman–Crippen LogP) is 0.913. The molecule has 0 amide bonds. The molecule has 2 atom stereocenters. The number of benzene rings is 1. The molecule has 0 aromatic heterocycles. The Balaban J connectivity index is 2.30. The molecule has 1 aromatic carbocycles. The summed E-state index contributed by atoms with van der Waals surface area (Å²) < 4.78 is 35.8. The Morgan fingerprint density at radius 2 is 1.88 bits per heavy atom. The van der Waals surface area contributed by atoms with E-state index in [4.69, 9.17) is 5.73 Å². The standard InChI is InChI=1S/C11H14FNO2S/c12-10-3-1-8(2-4-10)11-7-16(14,15)6-9(11)5-13/h1-4,9,11H,5-7,13H2. The van der Waals surface area contributed by atoms with Crippen LogP contribution in [-0.2, 0) is 9.84 Å². The second kappa shape index (κ2) is 4.14. The quantitative estimate of drug-likeness (QED) is 0.840. The molecular formula is C11H14FNO2S. The summed E-state index contributed by atoms with van der Waals surface area (Å²) in [6, 6.07) is 5.99. The van der Waals surface area contributed by atoms with E-state index in [2.05, 4.69) is 0 Å². The van der Waals surface area contributed by atoms with Gasteiger partial charge in [0.05, 0.1) is 11.5 Å². The van der Waals surface area contributed by atoms with Crippen LogP contribution in [0.15, 0.2) is 24.3 Å². The number of halogens is 1. The van der Waals surface area contributed by atoms with Crippen LogP contribution < -0.4 is 5.73 Å². The lowest BCUT2D eigenvalue weighted by molar-refractivity contribution is 0.531. The van der Waals surface area contributed by atoms with Gasteiger partial charge in [0.25, 0.3) is 0 Å². The van der Waals surface area contributed by atoms with Crippen LogP contribution in [0.5, 0.6) is 0 Å². The lowest BCUT2D eigenvalue weighted by atomic mass is 9.89. The molecule has 2 unspecified atom stereocenters. The molecule has 88 valence electrons. The third kappa shape index (κ3) is 2.25. The lowest BCUT2D eigenvalue weighted by Crippen LogP contribution is -2.20. The van der Waals surface area contributed by atoms with Gasteiger partial charge in [0.15, 0.2) is 9.84 Å². The van der Waals surface area contributed by atoms with Gasteiger partial charge in [-0.05, 0) is 30.2 Å². The fourth-order valence-corrected chi connectivity index (χ4v) is 4.40. The van der Waals surface area contributed by atoms with Crippen molar-refractivity contribution in [3.8, 4) is 0 Å². The van der Waals surface area contributed by atoms with Gasteiger partial charge in [-0.3, -0.25) is 0 Å². The minimum Gasteiger partial charge on any atom is -0.330 e. The Labute approximate surface area is 94.4 Å². The average molecular weight is 243 g/mol. The second-order valence-corrected chi connectivity index (χ2v) is 6.38. The van der Waals surface area contributed by atoms with Crippen molar-refractivity contribution in [1.29, 1.82) is 0 Å². The fraction of sp³-hybridized carbons (Fsp3) is 0.455. The van der Waals surface area contributed by atoms with Gasteiger partial charge in [-0.25, -0.2) is 12.8 Å². The molecule has 0 bridgehead atoms. The molecule has 0 spiro atoms. The topological polar surface area (TPSA) is 60.2 Å². The molecule has 1 aliphatic heterocycles. The molecule has 2 rings (SSSR count). The van der Waals surface area contributed by atoms with E-state index in [1.807, 2.05) is 0 Å². The highest BCUT2D eigenvalue weighted by Crippen LogP contribution is 2.33. The molecule has 1 aliphatic rings. The van der Waals surface area contributed by atoms with Gasteiger partial charge >= 0.3 is 0 Å². The zero-order chi connectivity index (χ0) is 11.8. The molecule has 0 saturated carbocycles. The van der Waals surface area contributed by atoms with E-state index >= 15 is 0 Å². The van der Waals surface area contributed by atoms with Gasteiger partial charge < -0.3 is 5.73 Å². The Morgan fingerprint density at radius 3 is 2.44 bits per heavy atom. The molecule has 16 heavy (non-hydrogen) atoms. The van der Waals surface area contributed by atoms with E-state index in [0.29, 0.717) is 6.54 Å². The van der Waals surface area contributed by atoms with Crippen molar-refractivity contribution in [2.75, 3.05) is 18.1 Å². The highest BCUT2D eigenvalue weighted by Gasteiger charge is 2.37. The molecule has 1 fully saturated rings. The molecule has 1 aromatic rings. The van der Waals surface area contributed by atoms with E-state index in [1.165, 1.54) is 12.1 Å². The predicted molar refractivity (Wildman–Crippen MR) is 60.3 cm³/mol. The zero-order valence-electron chi connectivity index (χ0n) is 8.77. The van der Waals surface area contributed by atoms with Gasteiger partial charge in [-0.1, -0.05) is 12.1 Å². The summed E-state index contributed by atoms with van der Waals surface area (Å²) in [7, 11) is -2.99. The monoisotopic (exact) mass is 243 g/mol. The fourth-order valence-electron chi connectivity index (χ4n) is 2.23. The van der Waals surface area contributed by atoms with Crippen molar-refractivity contribution >= 4 is 9.84 Å². The van der Waals surface area contributed by atoms with Gasteiger partial charge in [0.2, 0.25) is 0 Å². The summed E-state index contributed by atoms with van der Waals surface area (Å²) in [5, 5.41) is 0. The normalized spacial score (nSPS) is 28.1. The Morgan fingerprint density at radius 1 is 1.25 bits per heavy atom. The maximum atomic E-state index is 12.8. The van der Waals surface area contributed by atoms with Gasteiger partial charge in [-0.15, -0.1) is 0 Å². The third-order valence-corrected chi connectivity index (χ3v) is 4.87. The van der Waals surface area contributed by atoms with Crippen LogP contribution in [0.4, 0.5) is 4.39 Å². The summed E-state index contributed by atoms with van der Waals surface area (Å²) in [6.07, 6.45) is 0. The summed E-state index contributed by atoms with van der Waals surface area (Å²) in [5.74, 6) is -0.175. The van der Waals surface area contributed by atoms with E-state index < -0.39 is 9.84 Å². The highest BCUT2D eigenvalue weighted by molar-refractivity contribution is 7.91. The molecule has 5 heteroatoms. The van der Waals surface area contributed by atoms with Crippen LogP contribution in [0.1, 0.15) is 11.5 Å². The van der Waals surface area contributed by atoms with Gasteiger partial charge in [0, 0.05) is 5.92 Å². The first-order valence-electron chi connectivity index (χ1n) is 5.18. The Bertz CT molecular complexity index is 469. The molecule has 0 aliphatic carbocycles. The zero-order valence-corrected chi connectivity index (χ0v) is 9.58. The first-order valence-corrected chi connectivity index (χ1v) is 7.00. The van der Waals surface area contributed by atoms with Crippen molar-refractivity contribution in [2.45, 2.75) is 5.92 Å². The van der Waals surface area contributed by atoms with Crippen LogP contribution in [-0.4, -0.2) is 26.5 Å². The molecular weight excluding hydrogens is 229 g/mol. The molecule has 1 heterocycles. The minimum absolute atomic E-state index is 0.0459. The average Bonchev–Trinajstić information content (AvgIpc) is 2.55. The van der Waals surface area contributed by atoms with Crippen molar-refractivity contribution in [3.63, 3.8) is 0 Å². The third-order valence-electron chi connectivity index (χ3n) is 3.07. The highest BCUT2D eigenvalue weighted by atomic mass is 32.2. The molecule has 0 radical (unpaired) electrons. The number of hydrogen-bond donors (Lipinski definition) is 1. The van der Waals surface area contributed by atoms with Gasteiger partial charge in [0.1, 0.15) is 5.82 Å². The summed E-state index contributed by atoms with van der Waals surface area (Å²) >= 11 is 0. The molecule has 3 nitrogen and oxygen atoms in total. The molecule has 2 N–H and O–H groups in total. The summed E-state index contributed by atoms with van der Waals surface area (Å²) in [6.45, 7) is 0.348. The van der Waals surface area contributed by atoms with Crippen molar-refractivity contribution in [3.05, 3.63) is 35.6 Å².